The molecule has 2 aromatic carbocycles. The molecule has 0 aliphatic rings. The summed E-state index contributed by atoms with van der Waals surface area (Å²) in [5.41, 5.74) is 5.65. The third-order valence-electron chi connectivity index (χ3n) is 5.91. The molecule has 32 heavy (non-hydrogen) atoms. The molecule has 0 saturated heterocycles. The van der Waals surface area contributed by atoms with Crippen molar-refractivity contribution < 1.29 is 4.79 Å². The van der Waals surface area contributed by atoms with E-state index in [9.17, 15) is 9.59 Å². The highest BCUT2D eigenvalue weighted by atomic mass is 32.1. The van der Waals surface area contributed by atoms with E-state index in [-0.39, 0.29) is 11.5 Å². The summed E-state index contributed by atoms with van der Waals surface area (Å²) < 4.78 is 1.48. The van der Waals surface area contributed by atoms with Crippen molar-refractivity contribution in [3.05, 3.63) is 80.7 Å². The predicted molar refractivity (Wildman–Crippen MR) is 133 cm³/mol. The summed E-state index contributed by atoms with van der Waals surface area (Å²) >= 11 is 1.51. The fraction of sp³-hybridized carbons (Fsp3) is 0.269. The summed E-state index contributed by atoms with van der Waals surface area (Å²) in [4.78, 5) is 33.2. The number of amides is 1. The van der Waals surface area contributed by atoms with Gasteiger partial charge in [-0.15, -0.1) is 11.3 Å². The van der Waals surface area contributed by atoms with Crippen LogP contribution >= 0.6 is 11.3 Å². The molecule has 1 atom stereocenters. The molecule has 6 heteroatoms. The molecule has 0 saturated carbocycles. The van der Waals surface area contributed by atoms with Crippen molar-refractivity contribution in [2.45, 2.75) is 47.1 Å². The molecule has 2 heterocycles. The van der Waals surface area contributed by atoms with E-state index >= 15 is 0 Å². The third kappa shape index (κ3) is 3.86. The number of nitrogens with zero attached hydrogens (tertiary/aromatic N) is 2. The van der Waals surface area contributed by atoms with Crippen LogP contribution in [-0.2, 0) is 4.79 Å². The second-order valence-electron chi connectivity index (χ2n) is 8.22. The van der Waals surface area contributed by atoms with Crippen LogP contribution in [0.25, 0.3) is 21.3 Å². The monoisotopic (exact) mass is 445 g/mol. The van der Waals surface area contributed by atoms with Gasteiger partial charge in [0.1, 0.15) is 10.9 Å². The van der Waals surface area contributed by atoms with Gasteiger partial charge in [-0.2, -0.15) is 0 Å². The minimum Gasteiger partial charge on any atom is -0.324 e. The Morgan fingerprint density at radius 1 is 1.06 bits per heavy atom. The zero-order valence-electron chi connectivity index (χ0n) is 19.0. The molecule has 0 bridgehead atoms. The molecule has 0 aliphatic heterocycles. The molecular weight excluding hydrogens is 418 g/mol. The molecule has 0 spiro atoms. The van der Waals surface area contributed by atoms with Gasteiger partial charge in [0.05, 0.1) is 11.7 Å². The Bertz CT molecular complexity index is 1350. The topological polar surface area (TPSA) is 64.0 Å². The predicted octanol–water partition coefficient (Wildman–Crippen LogP) is 5.95. The van der Waals surface area contributed by atoms with E-state index in [1.807, 2.05) is 77.1 Å². The van der Waals surface area contributed by atoms with E-state index in [2.05, 4.69) is 10.3 Å². The number of carbonyl (C=O) groups excluding carboxylic acids is 1. The molecule has 1 unspecified atom stereocenters. The molecule has 4 rings (SSSR count). The van der Waals surface area contributed by atoms with Crippen molar-refractivity contribution in [1.82, 2.24) is 9.55 Å². The number of fused-ring (bicyclic) bond motifs is 1. The standard InChI is InChI=1S/C26H27N3O2S/c1-6-20(24(30)28-23-16(3)8-7-9-17(23)4)29-14-27-25-22(26(29)31)21(18(5)32-25)19-12-10-15(2)11-13-19/h7-14,20H,6H2,1-5H3,(H,28,30). The fourth-order valence-electron chi connectivity index (χ4n) is 4.13. The SMILES string of the molecule is CCC(C(=O)Nc1c(C)cccc1C)n1cnc2sc(C)c(-c3ccc(C)cc3)c2c1=O. The average molecular weight is 446 g/mol. The second kappa shape index (κ2) is 8.71. The third-order valence-corrected chi connectivity index (χ3v) is 6.92. The normalized spacial score (nSPS) is 12.2. The van der Waals surface area contributed by atoms with Crippen LogP contribution in [0.2, 0.25) is 0 Å². The van der Waals surface area contributed by atoms with Gasteiger partial charge in [-0.25, -0.2) is 4.98 Å². The number of rotatable bonds is 5. The molecule has 4 aromatic rings. The number of aromatic nitrogens is 2. The van der Waals surface area contributed by atoms with E-state index in [0.29, 0.717) is 16.6 Å². The average Bonchev–Trinajstić information content (AvgIpc) is 3.10. The summed E-state index contributed by atoms with van der Waals surface area (Å²) in [6.45, 7) is 9.88. The zero-order chi connectivity index (χ0) is 23.0. The highest BCUT2D eigenvalue weighted by molar-refractivity contribution is 7.19. The molecule has 2 aromatic heterocycles. The quantitative estimate of drug-likeness (QED) is 0.413. The van der Waals surface area contributed by atoms with Crippen molar-refractivity contribution in [2.75, 3.05) is 5.32 Å². The van der Waals surface area contributed by atoms with Crippen molar-refractivity contribution in [3.63, 3.8) is 0 Å². The van der Waals surface area contributed by atoms with Crippen LogP contribution in [0.3, 0.4) is 0 Å². The van der Waals surface area contributed by atoms with Crippen LogP contribution in [0.5, 0.6) is 0 Å². The van der Waals surface area contributed by atoms with E-state index < -0.39 is 6.04 Å². The summed E-state index contributed by atoms with van der Waals surface area (Å²) in [6, 6.07) is 13.4. The van der Waals surface area contributed by atoms with Gasteiger partial charge in [0, 0.05) is 16.1 Å². The van der Waals surface area contributed by atoms with Crippen molar-refractivity contribution >= 4 is 33.1 Å². The summed E-state index contributed by atoms with van der Waals surface area (Å²) in [6.07, 6.45) is 1.99. The van der Waals surface area contributed by atoms with Gasteiger partial charge in [-0.3, -0.25) is 14.2 Å². The second-order valence-corrected chi connectivity index (χ2v) is 9.42. The minimum atomic E-state index is -0.649. The molecule has 0 aliphatic carbocycles. The minimum absolute atomic E-state index is 0.182. The number of nitrogens with one attached hydrogen (secondary N) is 1. The summed E-state index contributed by atoms with van der Waals surface area (Å²) in [5, 5.41) is 3.62. The Morgan fingerprint density at radius 2 is 1.72 bits per heavy atom. The van der Waals surface area contributed by atoms with Gasteiger partial charge in [-0.1, -0.05) is 55.0 Å². The largest absolute Gasteiger partial charge is 0.324 e. The lowest BCUT2D eigenvalue weighted by Crippen LogP contribution is -2.33. The van der Waals surface area contributed by atoms with E-state index in [0.717, 1.165) is 38.4 Å². The Labute approximate surface area is 191 Å². The van der Waals surface area contributed by atoms with Crippen LogP contribution in [-0.4, -0.2) is 15.5 Å². The van der Waals surface area contributed by atoms with Crippen LogP contribution < -0.4 is 10.9 Å². The maximum Gasteiger partial charge on any atom is 0.263 e. The number of thiophene rings is 1. The van der Waals surface area contributed by atoms with Gasteiger partial charge in [0.2, 0.25) is 5.91 Å². The number of carbonyl (C=O) groups is 1. The van der Waals surface area contributed by atoms with Gasteiger partial charge in [-0.05, 0) is 50.8 Å². The van der Waals surface area contributed by atoms with Crippen molar-refractivity contribution in [1.29, 1.82) is 0 Å². The summed E-state index contributed by atoms with van der Waals surface area (Å²) in [7, 11) is 0. The number of hydrogen-bond donors (Lipinski definition) is 1. The Kier molecular flexibility index (Phi) is 5.98. The summed E-state index contributed by atoms with van der Waals surface area (Å²) in [5.74, 6) is -0.211. The molecule has 0 radical (unpaired) electrons. The van der Waals surface area contributed by atoms with Gasteiger partial charge < -0.3 is 5.32 Å². The first-order chi connectivity index (χ1) is 15.3. The van der Waals surface area contributed by atoms with Crippen LogP contribution in [0.15, 0.2) is 53.6 Å². The van der Waals surface area contributed by atoms with Crippen LogP contribution in [0.4, 0.5) is 5.69 Å². The number of anilines is 1. The van der Waals surface area contributed by atoms with Gasteiger partial charge in [0.25, 0.3) is 5.56 Å². The number of hydrogen-bond acceptors (Lipinski definition) is 4. The van der Waals surface area contributed by atoms with Crippen LogP contribution in [0.1, 0.15) is 41.0 Å². The Morgan fingerprint density at radius 3 is 2.34 bits per heavy atom. The lowest BCUT2D eigenvalue weighted by molar-refractivity contribution is -0.119. The van der Waals surface area contributed by atoms with Gasteiger partial charge >= 0.3 is 0 Å². The molecular formula is C26H27N3O2S. The lowest BCUT2D eigenvalue weighted by atomic mass is 10.0. The first-order valence-electron chi connectivity index (χ1n) is 10.8. The molecule has 1 amide bonds. The Hall–Kier alpha value is -3.25. The maximum absolute atomic E-state index is 13.6. The fourth-order valence-corrected chi connectivity index (χ4v) is 5.14. The lowest BCUT2D eigenvalue weighted by Gasteiger charge is -2.19. The molecule has 0 fully saturated rings. The van der Waals surface area contributed by atoms with E-state index in [1.165, 1.54) is 22.2 Å². The van der Waals surface area contributed by atoms with Crippen molar-refractivity contribution in [3.8, 4) is 11.1 Å². The molecule has 1 N–H and O–H groups in total. The molecule has 5 nitrogen and oxygen atoms in total. The highest BCUT2D eigenvalue weighted by Gasteiger charge is 2.24. The number of para-hydroxylation sites is 1. The first-order valence-corrected chi connectivity index (χ1v) is 11.6. The van der Waals surface area contributed by atoms with Crippen LogP contribution in [0, 0.1) is 27.7 Å². The van der Waals surface area contributed by atoms with Crippen molar-refractivity contribution in [2.24, 2.45) is 0 Å². The van der Waals surface area contributed by atoms with Gasteiger partial charge in [0.15, 0.2) is 0 Å². The van der Waals surface area contributed by atoms with E-state index in [4.69, 9.17) is 0 Å². The highest BCUT2D eigenvalue weighted by Crippen LogP contribution is 2.35. The Balaban J connectivity index is 1.80. The first kappa shape index (κ1) is 22.0. The maximum atomic E-state index is 13.6. The zero-order valence-corrected chi connectivity index (χ0v) is 19.8. The molecule has 164 valence electrons. The number of benzene rings is 2. The number of aryl methyl sites for hydroxylation is 4. The smallest absolute Gasteiger partial charge is 0.263 e. The van der Waals surface area contributed by atoms with E-state index in [1.54, 1.807) is 0 Å².